The molecule has 1 aliphatic rings. The first kappa shape index (κ1) is 19.1. The first-order chi connectivity index (χ1) is 12.0. The van der Waals surface area contributed by atoms with Gasteiger partial charge in [0.2, 0.25) is 5.91 Å². The number of amides is 1. The van der Waals surface area contributed by atoms with Crippen LogP contribution in [0.25, 0.3) is 0 Å². The lowest BCUT2D eigenvalue weighted by Crippen LogP contribution is -2.40. The van der Waals surface area contributed by atoms with Crippen molar-refractivity contribution in [2.45, 2.75) is 32.6 Å². The number of guanidine groups is 1. The van der Waals surface area contributed by atoms with Gasteiger partial charge in [0, 0.05) is 38.2 Å². The Bertz CT molecular complexity index is 615. The minimum absolute atomic E-state index is 0.0207. The summed E-state index contributed by atoms with van der Waals surface area (Å²) < 4.78 is 26.8. The van der Waals surface area contributed by atoms with Gasteiger partial charge < -0.3 is 15.5 Å². The van der Waals surface area contributed by atoms with Crippen LogP contribution in [0.1, 0.15) is 38.2 Å². The van der Waals surface area contributed by atoms with Crippen LogP contribution in [-0.4, -0.2) is 49.5 Å². The van der Waals surface area contributed by atoms with E-state index in [2.05, 4.69) is 15.6 Å². The number of aliphatic imine (C=N–C) groups is 1. The van der Waals surface area contributed by atoms with Crippen molar-refractivity contribution in [3.05, 3.63) is 35.4 Å². The number of likely N-dealkylation sites (tertiary alicyclic amines) is 1. The number of hydrogen-bond donors (Lipinski definition) is 2. The van der Waals surface area contributed by atoms with Crippen molar-refractivity contribution in [1.29, 1.82) is 0 Å². The quantitative estimate of drug-likeness (QED) is 0.610. The average Bonchev–Trinajstić information content (AvgIpc) is 3.11. The van der Waals surface area contributed by atoms with Crippen LogP contribution in [0.2, 0.25) is 0 Å². The first-order valence-electron chi connectivity index (χ1n) is 8.76. The Labute approximate surface area is 147 Å². The zero-order valence-corrected chi connectivity index (χ0v) is 14.8. The minimum atomic E-state index is -0.586. The molecule has 2 rings (SSSR count). The maximum absolute atomic E-state index is 13.8. The van der Waals surface area contributed by atoms with Gasteiger partial charge in [0.15, 0.2) is 5.96 Å². The van der Waals surface area contributed by atoms with E-state index in [-0.39, 0.29) is 18.4 Å². The van der Waals surface area contributed by atoms with Crippen molar-refractivity contribution >= 4 is 11.9 Å². The number of hydrogen-bond acceptors (Lipinski definition) is 2. The second kappa shape index (κ2) is 9.34. The summed E-state index contributed by atoms with van der Waals surface area (Å²) in [5.74, 6) is -0.771. The highest BCUT2D eigenvalue weighted by atomic mass is 19.1. The zero-order chi connectivity index (χ0) is 18.2. The zero-order valence-electron chi connectivity index (χ0n) is 14.8. The van der Waals surface area contributed by atoms with Crippen molar-refractivity contribution in [3.63, 3.8) is 0 Å². The average molecular weight is 352 g/mol. The van der Waals surface area contributed by atoms with Gasteiger partial charge in [-0.1, -0.05) is 13.0 Å². The van der Waals surface area contributed by atoms with Gasteiger partial charge in [-0.25, -0.2) is 13.8 Å². The Morgan fingerprint density at radius 2 is 2.00 bits per heavy atom. The Morgan fingerprint density at radius 3 is 2.64 bits per heavy atom. The van der Waals surface area contributed by atoms with Gasteiger partial charge in [0.1, 0.15) is 18.2 Å². The van der Waals surface area contributed by atoms with Crippen LogP contribution < -0.4 is 10.6 Å². The number of carbonyl (C=O) groups is 1. The van der Waals surface area contributed by atoms with Crippen LogP contribution in [-0.2, 0) is 4.79 Å². The van der Waals surface area contributed by atoms with E-state index in [0.717, 1.165) is 32.0 Å². The molecule has 1 amide bonds. The lowest BCUT2D eigenvalue weighted by atomic mass is 10.0. The molecule has 0 saturated carbocycles. The normalized spacial score (nSPS) is 16.0. The standard InChI is InChI=1S/C18H26F2N4O/c1-3-21-18(23-12-17(25)24-8-4-5-9-24)22-11-13(2)15-7-6-14(19)10-16(15)20/h6-7,10,13H,3-5,8-9,11-12H2,1-2H3,(H2,21,22,23). The maximum Gasteiger partial charge on any atom is 0.244 e. The van der Waals surface area contributed by atoms with E-state index in [1.165, 1.54) is 12.1 Å². The molecule has 1 aromatic rings. The van der Waals surface area contributed by atoms with Crippen LogP contribution in [0, 0.1) is 11.6 Å². The molecule has 1 aliphatic heterocycles. The number of rotatable bonds is 6. The monoisotopic (exact) mass is 352 g/mol. The summed E-state index contributed by atoms with van der Waals surface area (Å²) in [6, 6.07) is 3.60. The summed E-state index contributed by atoms with van der Waals surface area (Å²) >= 11 is 0. The number of benzene rings is 1. The van der Waals surface area contributed by atoms with Crippen molar-refractivity contribution in [3.8, 4) is 0 Å². The van der Waals surface area contributed by atoms with Gasteiger partial charge in [0.25, 0.3) is 0 Å². The fourth-order valence-corrected chi connectivity index (χ4v) is 2.82. The van der Waals surface area contributed by atoms with Crippen molar-refractivity contribution in [2.24, 2.45) is 4.99 Å². The SMILES string of the molecule is CCNC(=NCC(=O)N1CCCC1)NCC(C)c1ccc(F)cc1F. The van der Waals surface area contributed by atoms with E-state index < -0.39 is 11.6 Å². The third-order valence-corrected chi connectivity index (χ3v) is 4.24. The lowest BCUT2D eigenvalue weighted by Gasteiger charge is -2.18. The summed E-state index contributed by atoms with van der Waals surface area (Å²) in [6.07, 6.45) is 2.10. The molecule has 0 aliphatic carbocycles. The summed E-state index contributed by atoms with van der Waals surface area (Å²) in [5, 5.41) is 6.19. The fourth-order valence-electron chi connectivity index (χ4n) is 2.82. The van der Waals surface area contributed by atoms with E-state index in [1.807, 2.05) is 18.7 Å². The molecule has 138 valence electrons. The third kappa shape index (κ3) is 5.69. The molecule has 1 saturated heterocycles. The van der Waals surface area contributed by atoms with E-state index in [0.29, 0.717) is 24.6 Å². The third-order valence-electron chi connectivity index (χ3n) is 4.24. The number of halogens is 2. The summed E-state index contributed by atoms with van der Waals surface area (Å²) in [7, 11) is 0. The summed E-state index contributed by atoms with van der Waals surface area (Å²) in [6.45, 7) is 6.56. The molecule has 7 heteroatoms. The molecule has 1 aromatic carbocycles. The van der Waals surface area contributed by atoms with Gasteiger partial charge >= 0.3 is 0 Å². The van der Waals surface area contributed by atoms with Crippen LogP contribution in [0.5, 0.6) is 0 Å². The summed E-state index contributed by atoms with van der Waals surface area (Å²) in [5.41, 5.74) is 0.442. The number of carbonyl (C=O) groups excluding carboxylic acids is 1. The lowest BCUT2D eigenvalue weighted by molar-refractivity contribution is -0.128. The predicted octanol–water partition coefficient (Wildman–Crippen LogP) is 2.25. The number of nitrogens with zero attached hydrogens (tertiary/aromatic N) is 2. The molecule has 0 bridgehead atoms. The van der Waals surface area contributed by atoms with Crippen molar-refractivity contribution in [1.82, 2.24) is 15.5 Å². The predicted molar refractivity (Wildman–Crippen MR) is 94.6 cm³/mol. The maximum atomic E-state index is 13.8. The van der Waals surface area contributed by atoms with Crippen LogP contribution >= 0.6 is 0 Å². The van der Waals surface area contributed by atoms with E-state index in [4.69, 9.17) is 0 Å². The molecule has 1 heterocycles. The Morgan fingerprint density at radius 1 is 1.28 bits per heavy atom. The second-order valence-corrected chi connectivity index (χ2v) is 6.23. The van der Waals surface area contributed by atoms with Crippen LogP contribution in [0.3, 0.4) is 0 Å². The second-order valence-electron chi connectivity index (χ2n) is 6.23. The van der Waals surface area contributed by atoms with Crippen LogP contribution in [0.4, 0.5) is 8.78 Å². The Hall–Kier alpha value is -2.18. The van der Waals surface area contributed by atoms with E-state index >= 15 is 0 Å². The molecule has 0 spiro atoms. The number of nitrogens with one attached hydrogen (secondary N) is 2. The van der Waals surface area contributed by atoms with Crippen molar-refractivity contribution in [2.75, 3.05) is 32.7 Å². The van der Waals surface area contributed by atoms with Gasteiger partial charge in [-0.05, 0) is 31.4 Å². The smallest absolute Gasteiger partial charge is 0.244 e. The van der Waals surface area contributed by atoms with Gasteiger partial charge in [-0.2, -0.15) is 0 Å². The molecule has 0 radical (unpaired) electrons. The molecular weight excluding hydrogens is 326 g/mol. The van der Waals surface area contributed by atoms with E-state index in [1.54, 1.807) is 0 Å². The molecule has 0 aromatic heterocycles. The van der Waals surface area contributed by atoms with E-state index in [9.17, 15) is 13.6 Å². The largest absolute Gasteiger partial charge is 0.357 e. The van der Waals surface area contributed by atoms with Gasteiger partial charge in [-0.15, -0.1) is 0 Å². The molecule has 1 unspecified atom stereocenters. The van der Waals surface area contributed by atoms with Gasteiger partial charge in [0.05, 0.1) is 0 Å². The molecule has 25 heavy (non-hydrogen) atoms. The minimum Gasteiger partial charge on any atom is -0.357 e. The van der Waals surface area contributed by atoms with Crippen LogP contribution in [0.15, 0.2) is 23.2 Å². The molecule has 2 N–H and O–H groups in total. The summed E-state index contributed by atoms with van der Waals surface area (Å²) in [4.78, 5) is 18.2. The highest BCUT2D eigenvalue weighted by molar-refractivity contribution is 5.85. The Balaban J connectivity index is 1.91. The molecule has 5 nitrogen and oxygen atoms in total. The Kier molecular flexibility index (Phi) is 7.16. The topological polar surface area (TPSA) is 56.7 Å². The molecular formula is C18H26F2N4O. The highest BCUT2D eigenvalue weighted by Crippen LogP contribution is 2.19. The van der Waals surface area contributed by atoms with Gasteiger partial charge in [-0.3, -0.25) is 4.79 Å². The highest BCUT2D eigenvalue weighted by Gasteiger charge is 2.17. The molecule has 1 atom stereocenters. The molecule has 1 fully saturated rings. The van der Waals surface area contributed by atoms with Crippen molar-refractivity contribution < 1.29 is 13.6 Å². The first-order valence-corrected chi connectivity index (χ1v) is 8.76. The fraction of sp³-hybridized carbons (Fsp3) is 0.556.